The average Bonchev–Trinajstić information content (AvgIpc) is 2.84. The van der Waals surface area contributed by atoms with Crippen molar-refractivity contribution in [2.24, 2.45) is 0 Å². The molecule has 3 rings (SSSR count). The number of piperidine rings is 1. The van der Waals surface area contributed by atoms with Crippen molar-refractivity contribution < 1.29 is 14.7 Å². The number of nitrogens with one attached hydrogen (secondary N) is 1. The number of anilines is 2. The SMILES string of the molecule is CC1CCCCN1c1ccc(NC2=CC(=O)N(CCO)C2=O)cc1Cl. The van der Waals surface area contributed by atoms with E-state index >= 15 is 0 Å². The lowest BCUT2D eigenvalue weighted by atomic mass is 10.0. The van der Waals surface area contributed by atoms with Crippen LogP contribution in [0, 0.1) is 0 Å². The highest BCUT2D eigenvalue weighted by Gasteiger charge is 2.30. The first-order valence-electron chi connectivity index (χ1n) is 8.53. The molecule has 1 aromatic carbocycles. The van der Waals surface area contributed by atoms with Crippen LogP contribution in [0.4, 0.5) is 11.4 Å². The number of β-amino-alcohol motifs (C(OH)–C–C–N with tert-alkyl or cyclic N) is 1. The first-order chi connectivity index (χ1) is 12.0. The van der Waals surface area contributed by atoms with Crippen LogP contribution in [0.25, 0.3) is 0 Å². The number of amides is 2. The number of hydrogen-bond donors (Lipinski definition) is 2. The maximum absolute atomic E-state index is 12.2. The first-order valence-corrected chi connectivity index (χ1v) is 8.90. The van der Waals surface area contributed by atoms with Gasteiger partial charge in [-0.1, -0.05) is 11.6 Å². The Morgan fingerprint density at radius 3 is 2.80 bits per heavy atom. The number of benzene rings is 1. The Bertz CT molecular complexity index is 720. The lowest BCUT2D eigenvalue weighted by Crippen LogP contribution is -2.37. The molecular weight excluding hydrogens is 342 g/mol. The number of rotatable bonds is 5. The van der Waals surface area contributed by atoms with Crippen LogP contribution in [0.1, 0.15) is 26.2 Å². The molecule has 25 heavy (non-hydrogen) atoms. The highest BCUT2D eigenvalue weighted by atomic mass is 35.5. The maximum Gasteiger partial charge on any atom is 0.277 e. The molecular formula is C18H22ClN3O3. The third-order valence-corrected chi connectivity index (χ3v) is 4.97. The lowest BCUT2D eigenvalue weighted by Gasteiger charge is -2.36. The fourth-order valence-electron chi connectivity index (χ4n) is 3.34. The molecule has 2 N–H and O–H groups in total. The van der Waals surface area contributed by atoms with Gasteiger partial charge in [-0.3, -0.25) is 14.5 Å². The monoisotopic (exact) mass is 363 g/mol. The summed E-state index contributed by atoms with van der Waals surface area (Å²) in [7, 11) is 0. The van der Waals surface area contributed by atoms with Gasteiger partial charge in [0.05, 0.1) is 23.9 Å². The molecule has 0 radical (unpaired) electrons. The van der Waals surface area contributed by atoms with E-state index in [1.54, 1.807) is 6.07 Å². The molecule has 6 nitrogen and oxygen atoms in total. The standard InChI is InChI=1S/C18H22ClN3O3/c1-12-4-2-3-7-21(12)16-6-5-13(10-14(16)19)20-15-11-17(24)22(8-9-23)18(15)25/h5-6,10-12,20,23H,2-4,7-9H2,1H3. The van der Waals surface area contributed by atoms with Crippen molar-refractivity contribution in [3.05, 3.63) is 35.0 Å². The van der Waals surface area contributed by atoms with Crippen LogP contribution in [0.5, 0.6) is 0 Å². The van der Waals surface area contributed by atoms with Crippen LogP contribution >= 0.6 is 11.6 Å². The van der Waals surface area contributed by atoms with E-state index < -0.39 is 11.8 Å². The molecule has 1 aromatic rings. The third-order valence-electron chi connectivity index (χ3n) is 4.67. The normalized spacial score (nSPS) is 20.9. The van der Waals surface area contributed by atoms with Crippen molar-refractivity contribution in [2.45, 2.75) is 32.2 Å². The second-order valence-corrected chi connectivity index (χ2v) is 6.81. The molecule has 1 fully saturated rings. The van der Waals surface area contributed by atoms with E-state index in [1.807, 2.05) is 12.1 Å². The molecule has 2 amide bonds. The molecule has 0 aliphatic carbocycles. The van der Waals surface area contributed by atoms with E-state index in [1.165, 1.54) is 12.5 Å². The first kappa shape index (κ1) is 17.8. The fraction of sp³-hybridized carbons (Fsp3) is 0.444. The number of hydrogen-bond acceptors (Lipinski definition) is 5. The van der Waals surface area contributed by atoms with Crippen LogP contribution in [-0.2, 0) is 9.59 Å². The Labute approximate surface area is 152 Å². The summed E-state index contributed by atoms with van der Waals surface area (Å²) in [5.74, 6) is -0.865. The average molecular weight is 364 g/mol. The molecule has 1 saturated heterocycles. The molecule has 0 saturated carbocycles. The minimum Gasteiger partial charge on any atom is -0.395 e. The summed E-state index contributed by atoms with van der Waals surface area (Å²) in [4.78, 5) is 27.3. The topological polar surface area (TPSA) is 72.9 Å². The Morgan fingerprint density at radius 2 is 2.12 bits per heavy atom. The van der Waals surface area contributed by atoms with Gasteiger partial charge in [0.2, 0.25) is 0 Å². The summed E-state index contributed by atoms with van der Waals surface area (Å²) in [6, 6.07) is 6.02. The van der Waals surface area contributed by atoms with Gasteiger partial charge in [-0.15, -0.1) is 0 Å². The van der Waals surface area contributed by atoms with Gasteiger partial charge in [0.15, 0.2) is 0 Å². The number of nitrogens with zero attached hydrogens (tertiary/aromatic N) is 2. The molecule has 2 aliphatic heterocycles. The van der Waals surface area contributed by atoms with E-state index in [4.69, 9.17) is 16.7 Å². The van der Waals surface area contributed by atoms with E-state index in [-0.39, 0.29) is 18.8 Å². The van der Waals surface area contributed by atoms with Gasteiger partial charge in [0, 0.05) is 24.4 Å². The summed E-state index contributed by atoms with van der Waals surface area (Å²) < 4.78 is 0. The van der Waals surface area contributed by atoms with Crippen molar-refractivity contribution in [3.63, 3.8) is 0 Å². The number of aliphatic hydroxyl groups excluding tert-OH is 1. The van der Waals surface area contributed by atoms with Gasteiger partial charge in [-0.2, -0.15) is 0 Å². The van der Waals surface area contributed by atoms with Crippen LogP contribution in [0.3, 0.4) is 0 Å². The summed E-state index contributed by atoms with van der Waals surface area (Å²) in [6.45, 7) is 2.92. The van der Waals surface area contributed by atoms with Crippen LogP contribution in [-0.4, -0.2) is 47.6 Å². The number of aliphatic hydroxyl groups is 1. The van der Waals surface area contributed by atoms with Crippen molar-refractivity contribution in [3.8, 4) is 0 Å². The Hall–Kier alpha value is -2.05. The molecule has 134 valence electrons. The molecule has 1 unspecified atom stereocenters. The Balaban J connectivity index is 1.74. The molecule has 0 spiro atoms. The van der Waals surface area contributed by atoms with Gasteiger partial charge >= 0.3 is 0 Å². The fourth-order valence-corrected chi connectivity index (χ4v) is 3.63. The number of carbonyl (C=O) groups excluding carboxylic acids is 2. The van der Waals surface area contributed by atoms with Gasteiger partial charge in [0.1, 0.15) is 5.70 Å². The zero-order valence-corrected chi connectivity index (χ0v) is 14.9. The molecule has 1 atom stereocenters. The van der Waals surface area contributed by atoms with Crippen molar-refractivity contribution in [1.29, 1.82) is 0 Å². The molecule has 7 heteroatoms. The molecule has 2 aliphatic rings. The number of carbonyl (C=O) groups is 2. The molecule has 0 bridgehead atoms. The number of imide groups is 1. The number of halogens is 1. The van der Waals surface area contributed by atoms with Crippen LogP contribution in [0.2, 0.25) is 5.02 Å². The predicted molar refractivity (Wildman–Crippen MR) is 97.6 cm³/mol. The van der Waals surface area contributed by atoms with Crippen LogP contribution in [0.15, 0.2) is 30.0 Å². The van der Waals surface area contributed by atoms with E-state index in [0.717, 1.165) is 30.0 Å². The van der Waals surface area contributed by atoms with E-state index in [2.05, 4.69) is 17.1 Å². The minimum absolute atomic E-state index is 0.00805. The van der Waals surface area contributed by atoms with Crippen molar-refractivity contribution in [1.82, 2.24) is 4.90 Å². The highest BCUT2D eigenvalue weighted by molar-refractivity contribution is 6.33. The van der Waals surface area contributed by atoms with Gasteiger partial charge < -0.3 is 15.3 Å². The predicted octanol–water partition coefficient (Wildman–Crippen LogP) is 2.38. The smallest absolute Gasteiger partial charge is 0.277 e. The maximum atomic E-state index is 12.2. The van der Waals surface area contributed by atoms with Gasteiger partial charge in [0.25, 0.3) is 11.8 Å². The van der Waals surface area contributed by atoms with Crippen molar-refractivity contribution >= 4 is 34.8 Å². The molecule has 2 heterocycles. The zero-order chi connectivity index (χ0) is 18.0. The summed E-state index contributed by atoms with van der Waals surface area (Å²) in [5.41, 5.74) is 1.83. The summed E-state index contributed by atoms with van der Waals surface area (Å²) in [6.07, 6.45) is 4.79. The second kappa shape index (κ2) is 7.45. The van der Waals surface area contributed by atoms with Crippen LogP contribution < -0.4 is 10.2 Å². The van der Waals surface area contributed by atoms with E-state index in [0.29, 0.717) is 16.8 Å². The quantitative estimate of drug-likeness (QED) is 0.786. The van der Waals surface area contributed by atoms with E-state index in [9.17, 15) is 9.59 Å². The minimum atomic E-state index is -0.441. The lowest BCUT2D eigenvalue weighted by molar-refractivity contribution is -0.137. The van der Waals surface area contributed by atoms with Gasteiger partial charge in [-0.25, -0.2) is 0 Å². The summed E-state index contributed by atoms with van der Waals surface area (Å²) in [5, 5.41) is 12.5. The highest BCUT2D eigenvalue weighted by Crippen LogP contribution is 2.33. The third kappa shape index (κ3) is 3.65. The Morgan fingerprint density at radius 1 is 1.32 bits per heavy atom. The van der Waals surface area contributed by atoms with Gasteiger partial charge in [-0.05, 0) is 44.4 Å². The zero-order valence-electron chi connectivity index (χ0n) is 14.2. The second-order valence-electron chi connectivity index (χ2n) is 6.41. The Kier molecular flexibility index (Phi) is 5.30. The summed E-state index contributed by atoms with van der Waals surface area (Å²) >= 11 is 6.46. The largest absolute Gasteiger partial charge is 0.395 e. The van der Waals surface area contributed by atoms with Crippen molar-refractivity contribution in [2.75, 3.05) is 29.9 Å². The molecule has 0 aromatic heterocycles.